The minimum Gasteiger partial charge on any atom is -0.467 e. The first-order chi connectivity index (χ1) is 12.0. The van der Waals surface area contributed by atoms with E-state index in [2.05, 4.69) is 4.98 Å². The van der Waals surface area contributed by atoms with Gasteiger partial charge < -0.3 is 13.9 Å². The minimum absolute atomic E-state index is 0.0325. The molecular weight excluding hydrogens is 321 g/mol. The first kappa shape index (κ1) is 17.0. The molecule has 0 aliphatic rings. The van der Waals surface area contributed by atoms with E-state index >= 15 is 0 Å². The van der Waals surface area contributed by atoms with E-state index in [1.165, 1.54) is 12.1 Å². The summed E-state index contributed by atoms with van der Waals surface area (Å²) in [6.45, 7) is 4.05. The number of carbonyl (C=O) groups is 1. The average Bonchev–Trinajstić information content (AvgIpc) is 3.27. The highest BCUT2D eigenvalue weighted by atomic mass is 19.1. The van der Waals surface area contributed by atoms with E-state index in [-0.39, 0.29) is 17.8 Å². The van der Waals surface area contributed by atoms with Gasteiger partial charge in [-0.15, -0.1) is 0 Å². The van der Waals surface area contributed by atoms with Gasteiger partial charge in [-0.25, -0.2) is 9.37 Å². The first-order valence-corrected chi connectivity index (χ1v) is 8.11. The maximum Gasteiger partial charge on any atom is 0.229 e. The molecule has 0 saturated carbocycles. The maximum absolute atomic E-state index is 13.5. The van der Waals surface area contributed by atoms with Crippen molar-refractivity contribution in [2.75, 3.05) is 4.90 Å². The summed E-state index contributed by atoms with van der Waals surface area (Å²) in [4.78, 5) is 18.6. The van der Waals surface area contributed by atoms with Crippen molar-refractivity contribution in [3.8, 4) is 0 Å². The zero-order valence-electron chi connectivity index (χ0n) is 14.2. The molecule has 0 aliphatic heterocycles. The average molecular weight is 341 g/mol. The molecule has 6 heteroatoms. The Balaban J connectivity index is 1.86. The number of hydrogen-bond acceptors (Lipinski definition) is 3. The first-order valence-electron chi connectivity index (χ1n) is 8.11. The van der Waals surface area contributed by atoms with Crippen molar-refractivity contribution in [3.63, 3.8) is 0 Å². The van der Waals surface area contributed by atoms with Gasteiger partial charge in [0.2, 0.25) is 5.91 Å². The van der Waals surface area contributed by atoms with E-state index < -0.39 is 0 Å². The molecule has 0 aliphatic carbocycles. The van der Waals surface area contributed by atoms with E-state index in [1.54, 1.807) is 42.7 Å². The highest BCUT2D eigenvalue weighted by Gasteiger charge is 2.22. The summed E-state index contributed by atoms with van der Waals surface area (Å²) in [6.07, 6.45) is 7.08. The Morgan fingerprint density at radius 3 is 2.88 bits per heavy atom. The summed E-state index contributed by atoms with van der Waals surface area (Å²) < 4.78 is 20.7. The Morgan fingerprint density at radius 1 is 1.40 bits per heavy atom. The van der Waals surface area contributed by atoms with E-state index in [0.29, 0.717) is 30.0 Å². The molecule has 1 aromatic carbocycles. The van der Waals surface area contributed by atoms with Crippen LogP contribution in [0.5, 0.6) is 0 Å². The van der Waals surface area contributed by atoms with Crippen LogP contribution in [0.1, 0.15) is 30.7 Å². The second-order valence-corrected chi connectivity index (χ2v) is 6.05. The number of aryl methyl sites for hydroxylation is 1. The quantitative estimate of drug-likeness (QED) is 0.678. The molecule has 2 aromatic heterocycles. The van der Waals surface area contributed by atoms with Crippen LogP contribution in [-0.2, 0) is 11.3 Å². The number of aromatic nitrogens is 2. The van der Waals surface area contributed by atoms with Crippen LogP contribution < -0.4 is 4.90 Å². The van der Waals surface area contributed by atoms with Gasteiger partial charge in [0, 0.05) is 30.5 Å². The fourth-order valence-corrected chi connectivity index (χ4v) is 2.79. The number of furan rings is 1. The van der Waals surface area contributed by atoms with Gasteiger partial charge in [0.1, 0.15) is 11.6 Å². The lowest BCUT2D eigenvalue weighted by molar-refractivity contribution is -0.119. The SMILES string of the molecule is Cc1cc(F)ccc1N(Cc1ccco1)C(=O)CC(C)n1ccnc1. The Hall–Kier alpha value is -2.89. The molecular formula is C19H20FN3O2. The lowest BCUT2D eigenvalue weighted by Gasteiger charge is -2.25. The van der Waals surface area contributed by atoms with Crippen LogP contribution >= 0.6 is 0 Å². The van der Waals surface area contributed by atoms with E-state index in [4.69, 9.17) is 4.42 Å². The summed E-state index contributed by atoms with van der Waals surface area (Å²) in [6, 6.07) is 7.99. The number of hydrogen-bond donors (Lipinski definition) is 0. The highest BCUT2D eigenvalue weighted by molar-refractivity contribution is 5.94. The Labute approximate surface area is 145 Å². The number of anilines is 1. The van der Waals surface area contributed by atoms with Gasteiger partial charge in [0.25, 0.3) is 0 Å². The molecule has 25 heavy (non-hydrogen) atoms. The largest absolute Gasteiger partial charge is 0.467 e. The number of benzene rings is 1. The fourth-order valence-electron chi connectivity index (χ4n) is 2.79. The van der Waals surface area contributed by atoms with Gasteiger partial charge in [-0.2, -0.15) is 0 Å². The van der Waals surface area contributed by atoms with Crippen molar-refractivity contribution in [2.24, 2.45) is 0 Å². The molecule has 2 heterocycles. The molecule has 1 amide bonds. The second kappa shape index (κ2) is 7.34. The van der Waals surface area contributed by atoms with Crippen molar-refractivity contribution in [2.45, 2.75) is 32.9 Å². The van der Waals surface area contributed by atoms with Crippen LogP contribution in [0.15, 0.2) is 59.7 Å². The second-order valence-electron chi connectivity index (χ2n) is 6.05. The lowest BCUT2D eigenvalue weighted by Crippen LogP contribution is -2.32. The summed E-state index contributed by atoms with van der Waals surface area (Å²) in [7, 11) is 0. The van der Waals surface area contributed by atoms with Crippen molar-refractivity contribution in [1.82, 2.24) is 9.55 Å². The maximum atomic E-state index is 13.5. The fraction of sp³-hybridized carbons (Fsp3) is 0.263. The normalized spacial score (nSPS) is 12.1. The van der Waals surface area contributed by atoms with E-state index in [1.807, 2.05) is 23.8 Å². The van der Waals surface area contributed by atoms with Crippen molar-refractivity contribution < 1.29 is 13.6 Å². The van der Waals surface area contributed by atoms with E-state index in [9.17, 15) is 9.18 Å². The van der Waals surface area contributed by atoms with Crippen molar-refractivity contribution >= 4 is 11.6 Å². The minimum atomic E-state index is -0.321. The van der Waals surface area contributed by atoms with Crippen LogP contribution in [0.2, 0.25) is 0 Å². The summed E-state index contributed by atoms with van der Waals surface area (Å²) in [5.74, 6) is 0.290. The molecule has 0 saturated heterocycles. The number of carbonyl (C=O) groups excluding carboxylic acids is 1. The van der Waals surface area contributed by atoms with Crippen LogP contribution in [0, 0.1) is 12.7 Å². The molecule has 0 fully saturated rings. The molecule has 0 radical (unpaired) electrons. The molecule has 0 bridgehead atoms. The molecule has 1 unspecified atom stereocenters. The van der Waals surface area contributed by atoms with Gasteiger partial charge in [-0.1, -0.05) is 0 Å². The monoisotopic (exact) mass is 341 g/mol. The number of halogens is 1. The van der Waals surface area contributed by atoms with Crippen LogP contribution in [0.3, 0.4) is 0 Å². The zero-order chi connectivity index (χ0) is 17.8. The third-order valence-electron chi connectivity index (χ3n) is 4.15. The molecule has 3 rings (SSSR count). The standard InChI is InChI=1S/C19H20FN3O2/c1-14-10-16(20)5-6-18(14)23(12-17-4-3-9-25-17)19(24)11-15(2)22-8-7-21-13-22/h3-10,13,15H,11-12H2,1-2H3. The molecule has 3 aromatic rings. The molecule has 1 atom stereocenters. The number of amides is 1. The van der Waals surface area contributed by atoms with Gasteiger partial charge in [0.15, 0.2) is 0 Å². The molecule has 130 valence electrons. The Bertz CT molecular complexity index is 828. The van der Waals surface area contributed by atoms with Gasteiger partial charge in [0.05, 0.1) is 19.1 Å². The van der Waals surface area contributed by atoms with Gasteiger partial charge >= 0.3 is 0 Å². The van der Waals surface area contributed by atoms with Gasteiger partial charge in [-0.05, 0) is 49.7 Å². The van der Waals surface area contributed by atoms with Gasteiger partial charge in [-0.3, -0.25) is 4.79 Å². The summed E-state index contributed by atoms with van der Waals surface area (Å²) >= 11 is 0. The summed E-state index contributed by atoms with van der Waals surface area (Å²) in [5, 5.41) is 0. The lowest BCUT2D eigenvalue weighted by atomic mass is 10.1. The molecule has 0 spiro atoms. The Kier molecular flexibility index (Phi) is 4.97. The third-order valence-corrected chi connectivity index (χ3v) is 4.15. The number of rotatable bonds is 6. The predicted octanol–water partition coefficient (Wildman–Crippen LogP) is 4.11. The van der Waals surface area contributed by atoms with Crippen LogP contribution in [0.25, 0.3) is 0 Å². The predicted molar refractivity (Wildman–Crippen MR) is 92.6 cm³/mol. The van der Waals surface area contributed by atoms with Crippen molar-refractivity contribution in [1.29, 1.82) is 0 Å². The third kappa shape index (κ3) is 3.96. The van der Waals surface area contributed by atoms with Crippen LogP contribution in [0.4, 0.5) is 10.1 Å². The number of nitrogens with zero attached hydrogens (tertiary/aromatic N) is 3. The smallest absolute Gasteiger partial charge is 0.229 e. The van der Waals surface area contributed by atoms with Crippen molar-refractivity contribution in [3.05, 3.63) is 72.5 Å². The zero-order valence-corrected chi connectivity index (χ0v) is 14.2. The Morgan fingerprint density at radius 2 is 2.24 bits per heavy atom. The molecule has 0 N–H and O–H groups in total. The van der Waals surface area contributed by atoms with Crippen LogP contribution in [-0.4, -0.2) is 15.5 Å². The topological polar surface area (TPSA) is 51.3 Å². The molecule has 5 nitrogen and oxygen atoms in total. The van der Waals surface area contributed by atoms with E-state index in [0.717, 1.165) is 0 Å². The highest BCUT2D eigenvalue weighted by Crippen LogP contribution is 2.25. The summed E-state index contributed by atoms with van der Waals surface area (Å²) in [5.41, 5.74) is 1.39. The number of imidazole rings is 1.